The van der Waals surface area contributed by atoms with E-state index in [0.717, 1.165) is 23.3 Å². The van der Waals surface area contributed by atoms with E-state index in [2.05, 4.69) is 17.0 Å². The first-order valence-corrected chi connectivity index (χ1v) is 12.2. The topological polar surface area (TPSA) is 60.5 Å². The van der Waals surface area contributed by atoms with Crippen molar-refractivity contribution in [1.82, 2.24) is 4.90 Å². The van der Waals surface area contributed by atoms with Gasteiger partial charge in [-0.15, -0.1) is 0 Å². The Labute approximate surface area is 217 Å². The van der Waals surface area contributed by atoms with E-state index < -0.39 is 17.3 Å². The highest BCUT2D eigenvalue weighted by molar-refractivity contribution is 6.30. The predicted molar refractivity (Wildman–Crippen MR) is 139 cm³/mol. The van der Waals surface area contributed by atoms with Crippen LogP contribution in [0.25, 0.3) is 11.3 Å². The van der Waals surface area contributed by atoms with Crippen LogP contribution in [0, 0.1) is 23.0 Å². The van der Waals surface area contributed by atoms with E-state index in [-0.39, 0.29) is 22.9 Å². The van der Waals surface area contributed by atoms with Crippen LogP contribution in [-0.4, -0.2) is 31.1 Å². The van der Waals surface area contributed by atoms with Crippen molar-refractivity contribution < 1.29 is 13.2 Å². The van der Waals surface area contributed by atoms with E-state index >= 15 is 0 Å². The summed E-state index contributed by atoms with van der Waals surface area (Å²) in [4.78, 5) is 16.9. The number of rotatable bonds is 5. The van der Waals surface area contributed by atoms with Crippen LogP contribution in [-0.2, 0) is 0 Å². The van der Waals surface area contributed by atoms with E-state index in [9.17, 15) is 18.8 Å². The Hall–Kier alpha value is -3.99. The lowest BCUT2D eigenvalue weighted by Gasteiger charge is -2.40. The van der Waals surface area contributed by atoms with E-state index in [4.69, 9.17) is 16.0 Å². The zero-order chi connectivity index (χ0) is 25.9. The Morgan fingerprint density at radius 2 is 1.54 bits per heavy atom. The summed E-state index contributed by atoms with van der Waals surface area (Å²) in [6, 6.07) is 24.8. The molecule has 5 rings (SSSR count). The van der Waals surface area contributed by atoms with Crippen LogP contribution in [0.5, 0.6) is 0 Å². The molecule has 4 aromatic rings. The van der Waals surface area contributed by atoms with E-state index in [1.54, 1.807) is 6.07 Å². The first-order chi connectivity index (χ1) is 17.9. The molecule has 3 aromatic carbocycles. The lowest BCUT2D eigenvalue weighted by atomic mass is 9.96. The summed E-state index contributed by atoms with van der Waals surface area (Å²) in [6.45, 7) is 2.42. The van der Waals surface area contributed by atoms with Gasteiger partial charge in [0.15, 0.2) is 17.2 Å². The van der Waals surface area contributed by atoms with E-state index in [1.165, 1.54) is 6.07 Å². The standard InChI is InChI=1S/C29H22ClF2N3O2/c30-22-9-6-20(7-10-22)28(19-4-2-1-3-5-19)35-14-12-34(13-15-35)26-17-27(37-29(36)23(26)18-33)21-8-11-24(31)25(32)16-21/h1-11,16-17,28H,12-15H2. The van der Waals surface area contributed by atoms with Crippen LogP contribution >= 0.6 is 11.6 Å². The second-order valence-electron chi connectivity index (χ2n) is 8.79. The molecule has 0 bridgehead atoms. The lowest BCUT2D eigenvalue weighted by Crippen LogP contribution is -2.48. The molecule has 1 fully saturated rings. The maximum Gasteiger partial charge on any atom is 0.356 e. The largest absolute Gasteiger partial charge is 0.422 e. The van der Waals surface area contributed by atoms with Crippen LogP contribution in [0.3, 0.4) is 0 Å². The van der Waals surface area contributed by atoms with Crippen LogP contribution in [0.1, 0.15) is 22.7 Å². The molecule has 0 saturated carbocycles. The molecule has 1 aliphatic rings. The number of hydrogen-bond donors (Lipinski definition) is 0. The molecule has 5 nitrogen and oxygen atoms in total. The molecule has 37 heavy (non-hydrogen) atoms. The molecule has 1 saturated heterocycles. The molecule has 1 atom stereocenters. The van der Waals surface area contributed by atoms with Crippen molar-refractivity contribution in [2.24, 2.45) is 0 Å². The predicted octanol–water partition coefficient (Wildman–Crippen LogP) is 6.02. The van der Waals surface area contributed by atoms with E-state index in [1.807, 2.05) is 53.4 Å². The third-order valence-corrected chi connectivity index (χ3v) is 6.82. The minimum Gasteiger partial charge on any atom is -0.422 e. The molecule has 0 radical (unpaired) electrons. The Morgan fingerprint density at radius 3 is 2.19 bits per heavy atom. The highest BCUT2D eigenvalue weighted by Crippen LogP contribution is 2.32. The van der Waals surface area contributed by atoms with Crippen LogP contribution < -0.4 is 10.5 Å². The van der Waals surface area contributed by atoms with Gasteiger partial charge in [0.25, 0.3) is 0 Å². The zero-order valence-electron chi connectivity index (χ0n) is 19.7. The molecule has 0 N–H and O–H groups in total. The summed E-state index contributed by atoms with van der Waals surface area (Å²) >= 11 is 6.13. The Balaban J connectivity index is 1.44. The maximum atomic E-state index is 13.8. The fraction of sp³-hybridized carbons (Fsp3) is 0.172. The van der Waals surface area contributed by atoms with Crippen molar-refractivity contribution >= 4 is 17.3 Å². The fourth-order valence-electron chi connectivity index (χ4n) is 4.74. The van der Waals surface area contributed by atoms with Gasteiger partial charge in [0, 0.05) is 42.8 Å². The normalized spacial score (nSPS) is 14.8. The fourth-order valence-corrected chi connectivity index (χ4v) is 4.87. The van der Waals surface area contributed by atoms with Gasteiger partial charge in [-0.2, -0.15) is 5.26 Å². The summed E-state index contributed by atoms with van der Waals surface area (Å²) in [7, 11) is 0. The minimum absolute atomic E-state index is 0.00893. The van der Waals surface area contributed by atoms with Crippen molar-refractivity contribution in [2.75, 3.05) is 31.1 Å². The quantitative estimate of drug-likeness (QED) is 0.324. The average Bonchev–Trinajstić information content (AvgIpc) is 2.92. The van der Waals surface area contributed by atoms with Gasteiger partial charge in [-0.3, -0.25) is 4.90 Å². The van der Waals surface area contributed by atoms with Crippen LogP contribution in [0.4, 0.5) is 14.5 Å². The number of piperazine rings is 1. The molecule has 2 heterocycles. The summed E-state index contributed by atoms with van der Waals surface area (Å²) in [5.74, 6) is -1.97. The maximum absolute atomic E-state index is 13.8. The third kappa shape index (κ3) is 5.12. The first kappa shape index (κ1) is 24.7. The molecule has 0 spiro atoms. The molecule has 0 amide bonds. The van der Waals surface area contributed by atoms with Crippen molar-refractivity contribution in [1.29, 1.82) is 5.26 Å². The smallest absolute Gasteiger partial charge is 0.356 e. The van der Waals surface area contributed by atoms with Gasteiger partial charge in [0.2, 0.25) is 0 Å². The number of halogens is 3. The summed E-state index contributed by atoms with van der Waals surface area (Å²) in [6.07, 6.45) is 0. The van der Waals surface area contributed by atoms with Gasteiger partial charge < -0.3 is 9.32 Å². The SMILES string of the molecule is N#Cc1c(N2CCN(C(c3ccccc3)c3ccc(Cl)cc3)CC2)cc(-c2ccc(F)c(F)c2)oc1=O. The highest BCUT2D eigenvalue weighted by atomic mass is 35.5. The molecule has 1 unspecified atom stereocenters. The zero-order valence-corrected chi connectivity index (χ0v) is 20.5. The Bertz CT molecular complexity index is 1510. The molecule has 8 heteroatoms. The molecule has 0 aliphatic carbocycles. The van der Waals surface area contributed by atoms with E-state index in [0.29, 0.717) is 36.9 Å². The molecule has 186 valence electrons. The molecule has 1 aromatic heterocycles. The second kappa shape index (κ2) is 10.6. The highest BCUT2D eigenvalue weighted by Gasteiger charge is 2.28. The Morgan fingerprint density at radius 1 is 0.865 bits per heavy atom. The Kier molecular flexibility index (Phi) is 7.04. The number of anilines is 1. The summed E-state index contributed by atoms with van der Waals surface area (Å²) < 4.78 is 32.5. The molecule has 1 aliphatic heterocycles. The number of hydrogen-bond acceptors (Lipinski definition) is 5. The van der Waals surface area contributed by atoms with Gasteiger partial charge in [0.1, 0.15) is 11.8 Å². The number of nitrogens with zero attached hydrogens (tertiary/aromatic N) is 3. The first-order valence-electron chi connectivity index (χ1n) is 11.8. The lowest BCUT2D eigenvalue weighted by molar-refractivity contribution is 0.212. The number of benzene rings is 3. The van der Waals surface area contributed by atoms with Gasteiger partial charge >= 0.3 is 5.63 Å². The monoisotopic (exact) mass is 517 g/mol. The van der Waals surface area contributed by atoms with Crippen molar-refractivity contribution in [2.45, 2.75) is 6.04 Å². The number of nitriles is 1. The average molecular weight is 518 g/mol. The second-order valence-corrected chi connectivity index (χ2v) is 9.22. The van der Waals surface area contributed by atoms with Crippen LogP contribution in [0.15, 0.2) is 88.1 Å². The third-order valence-electron chi connectivity index (χ3n) is 6.57. The van der Waals surface area contributed by atoms with Crippen molar-refractivity contribution in [3.05, 3.63) is 123 Å². The minimum atomic E-state index is -1.05. The molecular weight excluding hydrogens is 496 g/mol. The van der Waals surface area contributed by atoms with Crippen LogP contribution in [0.2, 0.25) is 5.02 Å². The summed E-state index contributed by atoms with van der Waals surface area (Å²) in [5, 5.41) is 10.3. The summed E-state index contributed by atoms with van der Waals surface area (Å²) in [5.41, 5.74) is 1.97. The van der Waals surface area contributed by atoms with Crippen molar-refractivity contribution in [3.8, 4) is 17.4 Å². The van der Waals surface area contributed by atoms with Gasteiger partial charge in [-0.25, -0.2) is 13.6 Å². The van der Waals surface area contributed by atoms with Gasteiger partial charge in [-0.1, -0.05) is 54.1 Å². The van der Waals surface area contributed by atoms with Crippen molar-refractivity contribution in [3.63, 3.8) is 0 Å². The van der Waals surface area contributed by atoms with Gasteiger partial charge in [0.05, 0.1) is 11.7 Å². The van der Waals surface area contributed by atoms with Gasteiger partial charge in [-0.05, 0) is 41.5 Å². The molecular formula is C29H22ClF2N3O2.